The van der Waals surface area contributed by atoms with Crippen LogP contribution in [0.3, 0.4) is 0 Å². The maximum Gasteiger partial charge on any atom is 0.227 e. The molecular formula is C16H19N3O3S. The topological polar surface area (TPSA) is 68.5 Å². The smallest absolute Gasteiger partial charge is 0.227 e. The molecule has 2 aromatic rings. The van der Waals surface area contributed by atoms with Gasteiger partial charge in [0, 0.05) is 30.3 Å². The number of aromatic nitrogens is 2. The molecule has 2 fully saturated rings. The van der Waals surface area contributed by atoms with Gasteiger partial charge in [0.2, 0.25) is 11.8 Å². The van der Waals surface area contributed by atoms with E-state index in [1.165, 1.54) is 0 Å². The minimum Gasteiger partial charge on any atom is -0.376 e. The van der Waals surface area contributed by atoms with Crippen molar-refractivity contribution in [2.24, 2.45) is 11.8 Å². The van der Waals surface area contributed by atoms with Crippen molar-refractivity contribution in [3.05, 3.63) is 34.1 Å². The summed E-state index contributed by atoms with van der Waals surface area (Å²) in [5.41, 5.74) is 0. The number of fused-ring (bicyclic) bond motifs is 1. The summed E-state index contributed by atoms with van der Waals surface area (Å²) in [5, 5.41) is 5.85. The number of hydrogen-bond donors (Lipinski definition) is 0. The lowest BCUT2D eigenvalue weighted by molar-refractivity contribution is -0.130. The SMILES string of the molecule is Cc1noc(C[C@@H]2CO[C@H]3CN(C(=O)Cc4cccs4)C[C@@H]23)n1. The van der Waals surface area contributed by atoms with E-state index in [9.17, 15) is 4.79 Å². The number of carbonyl (C=O) groups excluding carboxylic acids is 1. The zero-order valence-electron chi connectivity index (χ0n) is 13.0. The highest BCUT2D eigenvalue weighted by molar-refractivity contribution is 7.10. The number of aryl methyl sites for hydroxylation is 1. The molecule has 122 valence electrons. The van der Waals surface area contributed by atoms with Gasteiger partial charge in [-0.15, -0.1) is 11.3 Å². The fourth-order valence-corrected chi connectivity index (χ4v) is 4.23. The third kappa shape index (κ3) is 3.03. The Morgan fingerprint density at radius 1 is 1.48 bits per heavy atom. The number of carbonyl (C=O) groups is 1. The number of ether oxygens (including phenoxy) is 1. The zero-order chi connectivity index (χ0) is 15.8. The van der Waals surface area contributed by atoms with Crippen LogP contribution in [0.1, 0.15) is 16.6 Å². The van der Waals surface area contributed by atoms with E-state index in [4.69, 9.17) is 9.26 Å². The van der Waals surface area contributed by atoms with Crippen LogP contribution in [0.15, 0.2) is 22.0 Å². The molecule has 0 aromatic carbocycles. The summed E-state index contributed by atoms with van der Waals surface area (Å²) in [7, 11) is 0. The van der Waals surface area contributed by atoms with Crippen LogP contribution in [0.4, 0.5) is 0 Å². The van der Waals surface area contributed by atoms with Gasteiger partial charge in [-0.05, 0) is 24.3 Å². The lowest BCUT2D eigenvalue weighted by atomic mass is 9.90. The second-order valence-electron chi connectivity index (χ2n) is 6.29. The molecular weight excluding hydrogens is 314 g/mol. The highest BCUT2D eigenvalue weighted by Gasteiger charge is 2.45. The molecule has 0 radical (unpaired) electrons. The molecule has 0 saturated carbocycles. The first-order valence-corrected chi connectivity index (χ1v) is 8.78. The number of amides is 1. The minimum absolute atomic E-state index is 0.149. The normalized spacial score (nSPS) is 26.7. The van der Waals surface area contributed by atoms with E-state index in [2.05, 4.69) is 10.1 Å². The molecule has 2 saturated heterocycles. The van der Waals surface area contributed by atoms with Crippen LogP contribution < -0.4 is 0 Å². The summed E-state index contributed by atoms with van der Waals surface area (Å²) >= 11 is 1.63. The molecule has 2 aromatic heterocycles. The first kappa shape index (κ1) is 14.8. The summed E-state index contributed by atoms with van der Waals surface area (Å²) in [6, 6.07) is 3.99. The van der Waals surface area contributed by atoms with Gasteiger partial charge in [-0.1, -0.05) is 11.2 Å². The van der Waals surface area contributed by atoms with E-state index >= 15 is 0 Å². The number of likely N-dealkylation sites (tertiary alicyclic amines) is 1. The molecule has 0 N–H and O–H groups in total. The number of rotatable bonds is 4. The van der Waals surface area contributed by atoms with Crippen LogP contribution >= 0.6 is 11.3 Å². The Morgan fingerprint density at radius 2 is 2.39 bits per heavy atom. The van der Waals surface area contributed by atoms with E-state index in [1.807, 2.05) is 29.3 Å². The van der Waals surface area contributed by atoms with Crippen molar-refractivity contribution in [3.63, 3.8) is 0 Å². The Bertz CT molecular complexity index is 685. The zero-order valence-corrected chi connectivity index (χ0v) is 13.8. The average Bonchev–Trinajstić information content (AvgIpc) is 3.26. The molecule has 0 aliphatic carbocycles. The highest BCUT2D eigenvalue weighted by atomic mass is 32.1. The van der Waals surface area contributed by atoms with Crippen LogP contribution in [-0.2, 0) is 22.4 Å². The molecule has 1 amide bonds. The standard InChI is InChI=1S/C16H19N3O3S/c1-10-17-15(22-18-10)5-11-9-21-14-8-19(7-13(11)14)16(20)6-12-3-2-4-23-12/h2-4,11,13-14H,5-9H2,1H3/t11-,13+,14+/m1/s1. The van der Waals surface area contributed by atoms with Gasteiger partial charge in [0.05, 0.1) is 19.1 Å². The number of hydrogen-bond acceptors (Lipinski definition) is 6. The molecule has 2 aliphatic heterocycles. The number of thiophene rings is 1. The van der Waals surface area contributed by atoms with Crippen molar-refractivity contribution in [2.45, 2.75) is 25.9 Å². The van der Waals surface area contributed by atoms with Gasteiger partial charge in [0.1, 0.15) is 0 Å². The van der Waals surface area contributed by atoms with Gasteiger partial charge >= 0.3 is 0 Å². The summed E-state index contributed by atoms with van der Waals surface area (Å²) in [6.07, 6.45) is 1.37. The second-order valence-corrected chi connectivity index (χ2v) is 7.32. The second kappa shape index (κ2) is 6.05. The van der Waals surface area contributed by atoms with E-state index in [0.717, 1.165) is 17.8 Å². The van der Waals surface area contributed by atoms with E-state index in [0.29, 0.717) is 43.1 Å². The molecule has 0 spiro atoms. The maximum absolute atomic E-state index is 12.4. The van der Waals surface area contributed by atoms with E-state index < -0.39 is 0 Å². The largest absolute Gasteiger partial charge is 0.376 e. The molecule has 4 rings (SSSR count). The average molecular weight is 333 g/mol. The van der Waals surface area contributed by atoms with Gasteiger partial charge in [0.15, 0.2) is 5.82 Å². The summed E-state index contributed by atoms with van der Waals surface area (Å²) in [6.45, 7) is 4.01. The van der Waals surface area contributed by atoms with E-state index in [1.54, 1.807) is 11.3 Å². The summed E-state index contributed by atoms with van der Waals surface area (Å²) < 4.78 is 11.1. The van der Waals surface area contributed by atoms with Crippen LogP contribution in [-0.4, -0.2) is 46.7 Å². The molecule has 6 nitrogen and oxygen atoms in total. The van der Waals surface area contributed by atoms with Gasteiger partial charge in [-0.3, -0.25) is 4.79 Å². The quantitative estimate of drug-likeness (QED) is 0.852. The van der Waals surface area contributed by atoms with Crippen LogP contribution in [0.5, 0.6) is 0 Å². The van der Waals surface area contributed by atoms with Gasteiger partial charge in [0.25, 0.3) is 0 Å². The monoisotopic (exact) mass is 333 g/mol. The predicted octanol–water partition coefficient (Wildman–Crippen LogP) is 1.70. The first-order chi connectivity index (χ1) is 11.2. The molecule has 2 aliphatic rings. The van der Waals surface area contributed by atoms with Crippen molar-refractivity contribution in [3.8, 4) is 0 Å². The molecule has 4 heterocycles. The third-order valence-electron chi connectivity index (χ3n) is 4.70. The Hall–Kier alpha value is -1.73. The van der Waals surface area contributed by atoms with Gasteiger partial charge in [-0.25, -0.2) is 0 Å². The number of nitrogens with zero attached hydrogens (tertiary/aromatic N) is 3. The van der Waals surface area contributed by atoms with Crippen LogP contribution in [0, 0.1) is 18.8 Å². The van der Waals surface area contributed by atoms with Crippen molar-refractivity contribution in [2.75, 3.05) is 19.7 Å². The maximum atomic E-state index is 12.4. The molecule has 7 heteroatoms. The molecule has 3 atom stereocenters. The Morgan fingerprint density at radius 3 is 3.13 bits per heavy atom. The summed E-state index contributed by atoms with van der Waals surface area (Å²) in [4.78, 5) is 19.8. The third-order valence-corrected chi connectivity index (χ3v) is 5.58. The fraction of sp³-hybridized carbons (Fsp3) is 0.562. The fourth-order valence-electron chi connectivity index (χ4n) is 3.53. The molecule has 0 unspecified atom stereocenters. The van der Waals surface area contributed by atoms with Gasteiger partial charge in [-0.2, -0.15) is 4.98 Å². The Labute approximate surface area is 138 Å². The Kier molecular flexibility index (Phi) is 3.90. The highest BCUT2D eigenvalue weighted by Crippen LogP contribution is 2.35. The van der Waals surface area contributed by atoms with Crippen molar-refractivity contribution in [1.29, 1.82) is 0 Å². The van der Waals surface area contributed by atoms with Crippen LogP contribution in [0.25, 0.3) is 0 Å². The predicted molar refractivity (Wildman–Crippen MR) is 84.1 cm³/mol. The van der Waals surface area contributed by atoms with Gasteiger partial charge < -0.3 is 14.2 Å². The minimum atomic E-state index is 0.149. The molecule has 23 heavy (non-hydrogen) atoms. The van der Waals surface area contributed by atoms with Crippen molar-refractivity contribution in [1.82, 2.24) is 15.0 Å². The van der Waals surface area contributed by atoms with E-state index in [-0.39, 0.29) is 12.0 Å². The first-order valence-electron chi connectivity index (χ1n) is 7.90. The van der Waals surface area contributed by atoms with Crippen molar-refractivity contribution < 1.29 is 14.1 Å². The lowest BCUT2D eigenvalue weighted by Crippen LogP contribution is -2.32. The lowest BCUT2D eigenvalue weighted by Gasteiger charge is -2.19. The van der Waals surface area contributed by atoms with Crippen LogP contribution in [0.2, 0.25) is 0 Å². The summed E-state index contributed by atoms with van der Waals surface area (Å²) in [5.74, 6) is 2.24. The molecule has 0 bridgehead atoms. The Balaban J connectivity index is 1.38. The van der Waals surface area contributed by atoms with Crippen molar-refractivity contribution >= 4 is 17.2 Å².